The molecule has 2 aliphatic rings. The fourth-order valence-electron chi connectivity index (χ4n) is 2.70. The Balaban J connectivity index is 0.000000324. The van der Waals surface area contributed by atoms with Crippen LogP contribution in [0, 0.1) is 11.8 Å². The average molecular weight is 315 g/mol. The SMILES string of the molecule is O=C(O)C1CCCCC1.O=C(O)C1CCCCC1.[Co]. The van der Waals surface area contributed by atoms with Crippen LogP contribution in [0.2, 0.25) is 0 Å². The maximum atomic E-state index is 10.4. The molecule has 2 N–H and O–H groups in total. The molecule has 0 unspecified atom stereocenters. The number of aliphatic carboxylic acids is 2. The van der Waals surface area contributed by atoms with Crippen LogP contribution in [-0.2, 0) is 26.4 Å². The summed E-state index contributed by atoms with van der Waals surface area (Å²) in [6.45, 7) is 0. The maximum absolute atomic E-state index is 10.4. The number of rotatable bonds is 2. The molecule has 0 aromatic heterocycles. The van der Waals surface area contributed by atoms with E-state index in [1.165, 1.54) is 12.8 Å². The van der Waals surface area contributed by atoms with Gasteiger partial charge in [0.1, 0.15) is 0 Å². The third-order valence-corrected chi connectivity index (χ3v) is 3.91. The van der Waals surface area contributed by atoms with Crippen LogP contribution in [-0.4, -0.2) is 22.2 Å². The number of carbonyl (C=O) groups is 2. The Morgan fingerprint density at radius 3 is 1.05 bits per heavy atom. The quantitative estimate of drug-likeness (QED) is 0.820. The van der Waals surface area contributed by atoms with Crippen molar-refractivity contribution in [3.05, 3.63) is 0 Å². The van der Waals surface area contributed by atoms with Gasteiger partial charge in [-0.2, -0.15) is 0 Å². The van der Waals surface area contributed by atoms with Gasteiger partial charge in [-0.1, -0.05) is 38.5 Å². The Morgan fingerprint density at radius 2 is 0.895 bits per heavy atom. The van der Waals surface area contributed by atoms with Crippen molar-refractivity contribution in [1.29, 1.82) is 0 Å². The molecular formula is C14H24CoO4. The van der Waals surface area contributed by atoms with Gasteiger partial charge in [0.15, 0.2) is 0 Å². The summed E-state index contributed by atoms with van der Waals surface area (Å²) in [7, 11) is 0. The molecule has 0 spiro atoms. The second kappa shape index (κ2) is 10.3. The number of carboxylic acids is 2. The van der Waals surface area contributed by atoms with Crippen LogP contribution < -0.4 is 0 Å². The molecule has 0 aliphatic heterocycles. The molecular weight excluding hydrogens is 291 g/mol. The van der Waals surface area contributed by atoms with Gasteiger partial charge in [-0.05, 0) is 25.7 Å². The zero-order chi connectivity index (χ0) is 13.4. The third kappa shape index (κ3) is 7.57. The monoisotopic (exact) mass is 315 g/mol. The summed E-state index contributed by atoms with van der Waals surface area (Å²) in [4.78, 5) is 20.7. The van der Waals surface area contributed by atoms with Crippen molar-refractivity contribution in [1.82, 2.24) is 0 Å². The van der Waals surface area contributed by atoms with Gasteiger partial charge in [0.25, 0.3) is 0 Å². The zero-order valence-corrected chi connectivity index (χ0v) is 12.3. The van der Waals surface area contributed by atoms with E-state index in [0.29, 0.717) is 0 Å². The summed E-state index contributed by atoms with van der Waals surface area (Å²) in [5.41, 5.74) is 0. The van der Waals surface area contributed by atoms with E-state index < -0.39 is 11.9 Å². The fraction of sp³-hybridized carbons (Fsp3) is 0.857. The van der Waals surface area contributed by atoms with Gasteiger partial charge in [-0.15, -0.1) is 0 Å². The third-order valence-electron chi connectivity index (χ3n) is 3.91. The van der Waals surface area contributed by atoms with Gasteiger partial charge >= 0.3 is 11.9 Å². The zero-order valence-electron chi connectivity index (χ0n) is 11.3. The van der Waals surface area contributed by atoms with Gasteiger partial charge in [0.2, 0.25) is 0 Å². The van der Waals surface area contributed by atoms with E-state index in [-0.39, 0.29) is 28.6 Å². The Bertz CT molecular complexity index is 241. The second-order valence-corrected chi connectivity index (χ2v) is 5.35. The van der Waals surface area contributed by atoms with Gasteiger partial charge in [0.05, 0.1) is 11.8 Å². The first kappa shape index (κ1) is 18.4. The van der Waals surface area contributed by atoms with Gasteiger partial charge in [0, 0.05) is 16.8 Å². The first-order valence-electron chi connectivity index (χ1n) is 7.07. The van der Waals surface area contributed by atoms with Crippen molar-refractivity contribution < 1.29 is 36.6 Å². The molecule has 113 valence electrons. The molecule has 0 atom stereocenters. The molecule has 5 heteroatoms. The fourth-order valence-corrected chi connectivity index (χ4v) is 2.70. The standard InChI is InChI=1S/2C7H12O2.Co/c2*8-7(9)6-4-2-1-3-5-6;/h2*6H,1-5H2,(H,8,9);. The van der Waals surface area contributed by atoms with Crippen LogP contribution in [0.4, 0.5) is 0 Å². The van der Waals surface area contributed by atoms with Crippen LogP contribution >= 0.6 is 0 Å². The largest absolute Gasteiger partial charge is 0.481 e. The molecule has 19 heavy (non-hydrogen) atoms. The van der Waals surface area contributed by atoms with E-state index in [1.54, 1.807) is 0 Å². The maximum Gasteiger partial charge on any atom is 0.306 e. The van der Waals surface area contributed by atoms with Crippen LogP contribution in [0.5, 0.6) is 0 Å². The molecule has 0 saturated heterocycles. The minimum Gasteiger partial charge on any atom is -0.481 e. The first-order valence-corrected chi connectivity index (χ1v) is 7.07. The number of hydrogen-bond donors (Lipinski definition) is 2. The summed E-state index contributed by atoms with van der Waals surface area (Å²) >= 11 is 0. The number of hydrogen-bond acceptors (Lipinski definition) is 2. The van der Waals surface area contributed by atoms with E-state index >= 15 is 0 Å². The van der Waals surface area contributed by atoms with Gasteiger partial charge in [-0.3, -0.25) is 9.59 Å². The Morgan fingerprint density at radius 1 is 0.632 bits per heavy atom. The predicted octanol–water partition coefficient (Wildman–Crippen LogP) is 3.30. The van der Waals surface area contributed by atoms with Crippen molar-refractivity contribution >= 4 is 11.9 Å². The molecule has 4 nitrogen and oxygen atoms in total. The van der Waals surface area contributed by atoms with Gasteiger partial charge < -0.3 is 10.2 Å². The molecule has 2 rings (SSSR count). The topological polar surface area (TPSA) is 74.6 Å². The Hall–Kier alpha value is -0.554. The van der Waals surface area contributed by atoms with E-state index in [2.05, 4.69) is 0 Å². The summed E-state index contributed by atoms with van der Waals surface area (Å²) in [5.74, 6) is -1.26. The molecule has 0 bridgehead atoms. The van der Waals surface area contributed by atoms with Crippen LogP contribution in [0.15, 0.2) is 0 Å². The molecule has 0 aromatic carbocycles. The molecule has 0 amide bonds. The second-order valence-electron chi connectivity index (χ2n) is 5.35. The molecule has 0 aromatic rings. The number of carboxylic acid groups (broad SMARTS) is 2. The smallest absolute Gasteiger partial charge is 0.306 e. The van der Waals surface area contributed by atoms with Crippen LogP contribution in [0.25, 0.3) is 0 Å². The van der Waals surface area contributed by atoms with Crippen LogP contribution in [0.1, 0.15) is 64.2 Å². The van der Waals surface area contributed by atoms with Gasteiger partial charge in [-0.25, -0.2) is 0 Å². The summed E-state index contributed by atoms with van der Waals surface area (Å²) in [6.07, 6.45) is 10.5. The minimum absolute atomic E-state index is 0. The van der Waals surface area contributed by atoms with E-state index in [9.17, 15) is 9.59 Å². The average Bonchev–Trinajstić information content (AvgIpc) is 2.41. The van der Waals surface area contributed by atoms with Crippen molar-refractivity contribution in [2.75, 3.05) is 0 Å². The normalized spacial score (nSPS) is 20.6. The molecule has 0 heterocycles. The van der Waals surface area contributed by atoms with E-state index in [1.807, 2.05) is 0 Å². The molecule has 2 saturated carbocycles. The molecule has 2 fully saturated rings. The minimum atomic E-state index is -0.602. The molecule has 2 aliphatic carbocycles. The Labute approximate surface area is 125 Å². The summed E-state index contributed by atoms with van der Waals surface area (Å²) in [5, 5.41) is 17.1. The van der Waals surface area contributed by atoms with Crippen molar-refractivity contribution in [2.45, 2.75) is 64.2 Å². The van der Waals surface area contributed by atoms with Crippen LogP contribution in [0.3, 0.4) is 0 Å². The van der Waals surface area contributed by atoms with Crippen molar-refractivity contribution in [3.8, 4) is 0 Å². The Kier molecular flexibility index (Phi) is 9.96. The predicted molar refractivity (Wildman–Crippen MR) is 68.4 cm³/mol. The summed E-state index contributed by atoms with van der Waals surface area (Å²) in [6, 6.07) is 0. The van der Waals surface area contributed by atoms with E-state index in [4.69, 9.17) is 10.2 Å². The van der Waals surface area contributed by atoms with Crippen molar-refractivity contribution in [3.63, 3.8) is 0 Å². The molecule has 1 radical (unpaired) electrons. The van der Waals surface area contributed by atoms with Crippen molar-refractivity contribution in [2.24, 2.45) is 11.8 Å². The first-order chi connectivity index (χ1) is 8.61. The van der Waals surface area contributed by atoms with E-state index in [0.717, 1.165) is 51.4 Å². The summed E-state index contributed by atoms with van der Waals surface area (Å²) < 4.78 is 0.